The molecule has 0 aromatic heterocycles. The van der Waals surface area contributed by atoms with Crippen LogP contribution in [-0.2, 0) is 9.53 Å². The topological polar surface area (TPSA) is 97.7 Å². The Morgan fingerprint density at radius 2 is 1.87 bits per heavy atom. The number of hydrogen-bond donors (Lipinski definition) is 1. The van der Waals surface area contributed by atoms with E-state index in [1.807, 2.05) is 13.0 Å². The van der Waals surface area contributed by atoms with Gasteiger partial charge in [0.25, 0.3) is 5.91 Å². The third kappa shape index (κ3) is 5.84. The van der Waals surface area contributed by atoms with E-state index in [-0.39, 0.29) is 12.2 Å². The van der Waals surface area contributed by atoms with Crippen LogP contribution in [0, 0.1) is 11.3 Å². The monoisotopic (exact) mass is 472 g/mol. The summed E-state index contributed by atoms with van der Waals surface area (Å²) in [5.74, 6) is -0.0000977. The number of hydrogen-bond acceptors (Lipinski definition) is 6. The van der Waals surface area contributed by atoms with Crippen molar-refractivity contribution < 1.29 is 23.8 Å². The summed E-state index contributed by atoms with van der Waals surface area (Å²) in [7, 11) is 1.51. The van der Waals surface area contributed by atoms with Gasteiger partial charge in [0.05, 0.1) is 30.4 Å². The summed E-state index contributed by atoms with van der Waals surface area (Å²) in [6.07, 6.45) is 1.45. The summed E-state index contributed by atoms with van der Waals surface area (Å²) in [4.78, 5) is 24.2. The van der Waals surface area contributed by atoms with E-state index in [1.165, 1.54) is 25.3 Å². The first kappa shape index (κ1) is 23.0. The van der Waals surface area contributed by atoms with Crippen molar-refractivity contribution >= 4 is 39.6 Å². The number of carbonyl (C=O) groups excluding carboxylic acids is 2. The largest absolute Gasteiger partial charge is 0.493 e. The maximum Gasteiger partial charge on any atom is 0.338 e. The molecule has 0 aliphatic heterocycles. The lowest BCUT2D eigenvalue weighted by Gasteiger charge is -2.12. The van der Waals surface area contributed by atoms with Gasteiger partial charge < -0.3 is 19.5 Å². The zero-order chi connectivity index (χ0) is 22.1. The second kappa shape index (κ2) is 11.0. The van der Waals surface area contributed by atoms with Crippen LogP contribution in [0.15, 0.2) is 46.4 Å². The fourth-order valence-corrected chi connectivity index (χ4v) is 3.10. The molecule has 156 valence electrons. The van der Waals surface area contributed by atoms with Crippen molar-refractivity contribution in [1.29, 1.82) is 5.26 Å². The first-order valence-corrected chi connectivity index (χ1v) is 9.93. The highest BCUT2D eigenvalue weighted by molar-refractivity contribution is 9.10. The Bertz CT molecular complexity index is 994. The Morgan fingerprint density at radius 3 is 2.43 bits per heavy atom. The van der Waals surface area contributed by atoms with Gasteiger partial charge >= 0.3 is 5.97 Å². The molecule has 1 amide bonds. The van der Waals surface area contributed by atoms with Crippen LogP contribution >= 0.6 is 15.9 Å². The maximum absolute atomic E-state index is 12.5. The minimum Gasteiger partial charge on any atom is -0.493 e. The Balaban J connectivity index is 2.22. The molecule has 8 heteroatoms. The van der Waals surface area contributed by atoms with E-state index in [0.717, 1.165) is 0 Å². The average Bonchev–Trinajstić information content (AvgIpc) is 2.74. The smallest absolute Gasteiger partial charge is 0.338 e. The number of nitrogens with one attached hydrogen (secondary N) is 1. The number of methoxy groups -OCH3 is 1. The molecule has 2 aromatic rings. The van der Waals surface area contributed by atoms with Crippen LogP contribution in [-0.4, -0.2) is 32.2 Å². The molecule has 0 aliphatic carbocycles. The van der Waals surface area contributed by atoms with E-state index < -0.39 is 11.9 Å². The molecule has 0 aliphatic rings. The fraction of sp³-hybridized carbons (Fsp3) is 0.227. The lowest BCUT2D eigenvalue weighted by molar-refractivity contribution is -0.112. The van der Waals surface area contributed by atoms with Gasteiger partial charge in [0.2, 0.25) is 0 Å². The first-order valence-electron chi connectivity index (χ1n) is 9.14. The Morgan fingerprint density at radius 1 is 1.17 bits per heavy atom. The van der Waals surface area contributed by atoms with Gasteiger partial charge in [0, 0.05) is 5.69 Å². The number of anilines is 1. The molecule has 2 aromatic carbocycles. The van der Waals surface area contributed by atoms with Crippen LogP contribution in [0.3, 0.4) is 0 Å². The second-order valence-electron chi connectivity index (χ2n) is 5.89. The quantitative estimate of drug-likeness (QED) is 0.343. The number of esters is 1. The van der Waals surface area contributed by atoms with Crippen molar-refractivity contribution in [2.75, 3.05) is 25.6 Å². The number of ether oxygens (including phenoxy) is 3. The van der Waals surface area contributed by atoms with Gasteiger partial charge in [-0.2, -0.15) is 5.26 Å². The van der Waals surface area contributed by atoms with Gasteiger partial charge in [-0.25, -0.2) is 4.79 Å². The standard InChI is InChI=1S/C22H21BrN2O5/c1-4-29-20-18(23)11-14(12-19(20)28-3)10-16(13-24)21(26)25-17-8-6-15(7-9-17)22(27)30-5-2/h6-12H,4-5H2,1-3H3,(H,25,26)/b16-10+. The SMILES string of the molecule is CCOC(=O)c1ccc(NC(=O)/C(C#N)=C/c2cc(Br)c(OCC)c(OC)c2)cc1. The molecule has 0 atom stereocenters. The Kier molecular flexibility index (Phi) is 8.44. The molecule has 0 saturated carbocycles. The minimum atomic E-state index is -0.578. The Hall–Kier alpha value is -3.31. The van der Waals surface area contributed by atoms with Crippen LogP contribution in [0.1, 0.15) is 29.8 Å². The van der Waals surface area contributed by atoms with Crippen LogP contribution in [0.25, 0.3) is 6.08 Å². The van der Waals surface area contributed by atoms with Crippen LogP contribution in [0.4, 0.5) is 5.69 Å². The molecule has 30 heavy (non-hydrogen) atoms. The molecule has 0 spiro atoms. The molecule has 7 nitrogen and oxygen atoms in total. The van der Waals surface area contributed by atoms with Crippen molar-refractivity contribution in [2.24, 2.45) is 0 Å². The van der Waals surface area contributed by atoms with Gasteiger partial charge in [-0.1, -0.05) is 0 Å². The van der Waals surface area contributed by atoms with Crippen molar-refractivity contribution in [2.45, 2.75) is 13.8 Å². The first-order chi connectivity index (χ1) is 14.4. The minimum absolute atomic E-state index is 0.0948. The predicted octanol–water partition coefficient (Wildman–Crippen LogP) is 4.58. The van der Waals surface area contributed by atoms with Crippen LogP contribution in [0.5, 0.6) is 11.5 Å². The van der Waals surface area contributed by atoms with E-state index in [9.17, 15) is 14.9 Å². The lowest BCUT2D eigenvalue weighted by atomic mass is 10.1. The molecule has 0 saturated heterocycles. The van der Waals surface area contributed by atoms with E-state index in [1.54, 1.807) is 31.2 Å². The number of benzene rings is 2. The molecule has 2 rings (SSSR count). The highest BCUT2D eigenvalue weighted by Crippen LogP contribution is 2.37. The zero-order valence-electron chi connectivity index (χ0n) is 16.8. The molecular weight excluding hydrogens is 452 g/mol. The van der Waals surface area contributed by atoms with Crippen molar-refractivity contribution in [3.63, 3.8) is 0 Å². The molecular formula is C22H21BrN2O5. The van der Waals surface area contributed by atoms with Gasteiger partial charge in [-0.3, -0.25) is 4.79 Å². The fourth-order valence-electron chi connectivity index (χ4n) is 2.53. The second-order valence-corrected chi connectivity index (χ2v) is 6.74. The normalized spacial score (nSPS) is 10.7. The van der Waals surface area contributed by atoms with Gasteiger partial charge in [-0.05, 0) is 77.8 Å². The maximum atomic E-state index is 12.5. The number of carbonyl (C=O) groups is 2. The van der Waals surface area contributed by atoms with Gasteiger partial charge in [0.15, 0.2) is 11.5 Å². The van der Waals surface area contributed by atoms with Crippen molar-refractivity contribution in [3.05, 3.63) is 57.6 Å². The number of halogens is 1. The molecule has 1 N–H and O–H groups in total. The summed E-state index contributed by atoms with van der Waals surface area (Å²) >= 11 is 3.42. The lowest BCUT2D eigenvalue weighted by Crippen LogP contribution is -2.13. The zero-order valence-corrected chi connectivity index (χ0v) is 18.4. The summed E-state index contributed by atoms with van der Waals surface area (Å²) < 4.78 is 16.4. The average molecular weight is 473 g/mol. The summed E-state index contributed by atoms with van der Waals surface area (Å²) in [6, 6.07) is 11.5. The number of rotatable bonds is 8. The molecule has 0 bridgehead atoms. The van der Waals surface area contributed by atoms with E-state index in [0.29, 0.717) is 39.4 Å². The highest BCUT2D eigenvalue weighted by Gasteiger charge is 2.14. The Labute approximate surface area is 183 Å². The number of nitrogens with zero attached hydrogens (tertiary/aromatic N) is 1. The van der Waals surface area contributed by atoms with Gasteiger partial charge in [0.1, 0.15) is 11.6 Å². The van der Waals surface area contributed by atoms with Gasteiger partial charge in [-0.15, -0.1) is 0 Å². The van der Waals surface area contributed by atoms with E-state index in [4.69, 9.17) is 14.2 Å². The number of amides is 1. The highest BCUT2D eigenvalue weighted by atomic mass is 79.9. The van der Waals surface area contributed by atoms with E-state index >= 15 is 0 Å². The summed E-state index contributed by atoms with van der Waals surface area (Å²) in [5, 5.41) is 12.1. The van der Waals surface area contributed by atoms with Crippen LogP contribution in [0.2, 0.25) is 0 Å². The van der Waals surface area contributed by atoms with E-state index in [2.05, 4.69) is 21.2 Å². The molecule has 0 heterocycles. The third-order valence-electron chi connectivity index (χ3n) is 3.87. The molecule has 0 unspecified atom stereocenters. The van der Waals surface area contributed by atoms with Crippen molar-refractivity contribution in [3.8, 4) is 17.6 Å². The number of nitriles is 1. The third-order valence-corrected chi connectivity index (χ3v) is 4.46. The summed E-state index contributed by atoms with van der Waals surface area (Å²) in [6.45, 7) is 4.32. The predicted molar refractivity (Wildman–Crippen MR) is 116 cm³/mol. The van der Waals surface area contributed by atoms with Crippen molar-refractivity contribution in [1.82, 2.24) is 0 Å². The summed E-state index contributed by atoms with van der Waals surface area (Å²) in [5.41, 5.74) is 1.31. The molecule has 0 fully saturated rings. The molecule has 0 radical (unpaired) electrons. The van der Waals surface area contributed by atoms with Crippen LogP contribution < -0.4 is 14.8 Å².